The molecule has 2 aromatic heterocycles. The zero-order chi connectivity index (χ0) is 18.7. The third kappa shape index (κ3) is 4.02. The summed E-state index contributed by atoms with van der Waals surface area (Å²) in [6, 6.07) is 0. The van der Waals surface area contributed by atoms with Crippen LogP contribution in [-0.4, -0.2) is 39.4 Å². The zero-order valence-corrected chi connectivity index (χ0v) is 15.3. The summed E-state index contributed by atoms with van der Waals surface area (Å²) < 4.78 is 1.63. The van der Waals surface area contributed by atoms with E-state index < -0.39 is 5.91 Å². The van der Waals surface area contributed by atoms with Gasteiger partial charge in [0.1, 0.15) is 5.00 Å². The summed E-state index contributed by atoms with van der Waals surface area (Å²) in [5.74, 6) is -1.07. The van der Waals surface area contributed by atoms with Gasteiger partial charge in [-0.15, -0.1) is 0 Å². The van der Waals surface area contributed by atoms with Gasteiger partial charge in [-0.1, -0.05) is 11.3 Å². The Morgan fingerprint density at radius 2 is 1.96 bits per heavy atom. The molecular weight excluding hydrogens is 344 g/mol. The van der Waals surface area contributed by atoms with Crippen LogP contribution in [0.2, 0.25) is 0 Å². The predicted molar refractivity (Wildman–Crippen MR) is 95.1 cm³/mol. The van der Waals surface area contributed by atoms with Gasteiger partial charge in [0.15, 0.2) is 16.6 Å². The molecule has 2 amide bonds. The standard InChI is InChI=1S/C15H20N6O3S/c1-7-11(9(3)22)8(2)21(20-7)6-5-10(23)18-14-12(13(16)24)19-15(17-4)25-14/h5-6H2,1-4H3,(H2,16,24)(H,17,19)(H,18,23). The number of Topliss-reactive ketones (excluding diaryl/α,β-unsaturated/α-hetero) is 1. The minimum Gasteiger partial charge on any atom is -0.365 e. The molecule has 10 heteroatoms. The first-order valence-electron chi connectivity index (χ1n) is 7.57. The summed E-state index contributed by atoms with van der Waals surface area (Å²) in [4.78, 5) is 39.2. The van der Waals surface area contributed by atoms with Crippen molar-refractivity contribution in [2.75, 3.05) is 17.7 Å². The van der Waals surface area contributed by atoms with Crippen molar-refractivity contribution < 1.29 is 14.4 Å². The van der Waals surface area contributed by atoms with Crippen LogP contribution in [0.3, 0.4) is 0 Å². The van der Waals surface area contributed by atoms with E-state index in [4.69, 9.17) is 5.73 Å². The molecule has 0 aliphatic rings. The molecule has 0 aliphatic carbocycles. The van der Waals surface area contributed by atoms with Gasteiger partial charge in [0.05, 0.1) is 11.3 Å². The highest BCUT2D eigenvalue weighted by Gasteiger charge is 2.19. The van der Waals surface area contributed by atoms with E-state index in [-0.39, 0.29) is 23.8 Å². The molecule has 2 rings (SSSR count). The number of nitrogens with two attached hydrogens (primary N) is 1. The summed E-state index contributed by atoms with van der Waals surface area (Å²) in [5, 5.41) is 10.5. The molecule has 0 saturated carbocycles. The largest absolute Gasteiger partial charge is 0.365 e. The van der Waals surface area contributed by atoms with Gasteiger partial charge in [-0.05, 0) is 20.8 Å². The maximum atomic E-state index is 12.2. The highest BCUT2D eigenvalue weighted by Crippen LogP contribution is 2.28. The van der Waals surface area contributed by atoms with Crippen molar-refractivity contribution in [3.63, 3.8) is 0 Å². The third-order valence-corrected chi connectivity index (χ3v) is 4.60. The number of nitrogens with zero attached hydrogens (tertiary/aromatic N) is 3. The number of carbonyl (C=O) groups is 3. The normalized spacial score (nSPS) is 10.6. The summed E-state index contributed by atoms with van der Waals surface area (Å²) in [5.41, 5.74) is 7.24. The van der Waals surface area contributed by atoms with Gasteiger partial charge in [0.2, 0.25) is 5.91 Å². The van der Waals surface area contributed by atoms with Gasteiger partial charge in [0.25, 0.3) is 5.91 Å². The molecule has 0 aromatic carbocycles. The fourth-order valence-corrected chi connectivity index (χ4v) is 3.34. The van der Waals surface area contributed by atoms with E-state index in [0.29, 0.717) is 27.9 Å². The molecule has 0 saturated heterocycles. The smallest absolute Gasteiger partial charge is 0.270 e. The van der Waals surface area contributed by atoms with E-state index in [9.17, 15) is 14.4 Å². The van der Waals surface area contributed by atoms with Crippen LogP contribution in [0.25, 0.3) is 0 Å². The lowest BCUT2D eigenvalue weighted by Gasteiger charge is -2.06. The summed E-state index contributed by atoms with van der Waals surface area (Å²) in [6.07, 6.45) is 0.129. The van der Waals surface area contributed by atoms with Crippen LogP contribution in [0, 0.1) is 13.8 Å². The van der Waals surface area contributed by atoms with Crippen LogP contribution >= 0.6 is 11.3 Å². The number of hydrogen-bond acceptors (Lipinski definition) is 7. The summed E-state index contributed by atoms with van der Waals surface area (Å²) in [6.45, 7) is 5.36. The van der Waals surface area contributed by atoms with Crippen molar-refractivity contribution in [3.05, 3.63) is 22.6 Å². The second-order valence-corrected chi connectivity index (χ2v) is 6.43. The number of thiazole rings is 1. The predicted octanol–water partition coefficient (Wildman–Crippen LogP) is 1.33. The lowest BCUT2D eigenvalue weighted by Crippen LogP contribution is -2.19. The Hall–Kier alpha value is -2.75. The average molecular weight is 364 g/mol. The Morgan fingerprint density at radius 1 is 1.28 bits per heavy atom. The van der Waals surface area contributed by atoms with Gasteiger partial charge in [-0.25, -0.2) is 4.98 Å². The molecule has 0 atom stereocenters. The highest BCUT2D eigenvalue weighted by molar-refractivity contribution is 7.20. The zero-order valence-electron chi connectivity index (χ0n) is 14.5. The van der Waals surface area contributed by atoms with Crippen LogP contribution in [0.4, 0.5) is 10.1 Å². The number of rotatable bonds is 7. The molecule has 0 radical (unpaired) electrons. The molecule has 2 aromatic rings. The third-order valence-electron chi connectivity index (χ3n) is 3.61. The van der Waals surface area contributed by atoms with Gasteiger partial charge in [-0.2, -0.15) is 5.10 Å². The monoisotopic (exact) mass is 364 g/mol. The van der Waals surface area contributed by atoms with Crippen LogP contribution in [0.5, 0.6) is 0 Å². The van der Waals surface area contributed by atoms with E-state index in [1.54, 1.807) is 25.6 Å². The first kappa shape index (κ1) is 18.6. The fraction of sp³-hybridized carbons (Fsp3) is 0.400. The Kier molecular flexibility index (Phi) is 5.52. The molecule has 0 bridgehead atoms. The van der Waals surface area contributed by atoms with Gasteiger partial charge in [0, 0.05) is 25.7 Å². The fourth-order valence-electron chi connectivity index (χ4n) is 2.50. The number of aromatic nitrogens is 3. The summed E-state index contributed by atoms with van der Waals surface area (Å²) in [7, 11) is 1.66. The second-order valence-electron chi connectivity index (χ2n) is 5.43. The number of hydrogen-bond donors (Lipinski definition) is 3. The molecule has 25 heavy (non-hydrogen) atoms. The first-order valence-corrected chi connectivity index (χ1v) is 8.39. The minimum atomic E-state index is -0.710. The molecule has 0 fully saturated rings. The number of carbonyl (C=O) groups excluding carboxylic acids is 3. The van der Waals surface area contributed by atoms with E-state index in [1.807, 2.05) is 0 Å². The number of nitrogens with one attached hydrogen (secondary N) is 2. The van der Waals surface area contributed by atoms with Crippen LogP contribution in [-0.2, 0) is 11.3 Å². The SMILES string of the molecule is CNc1nc(C(N)=O)c(NC(=O)CCn2nc(C)c(C(C)=O)c2C)s1. The topological polar surface area (TPSA) is 132 Å². The van der Waals surface area contributed by atoms with E-state index in [2.05, 4.69) is 20.7 Å². The lowest BCUT2D eigenvalue weighted by atomic mass is 10.1. The van der Waals surface area contributed by atoms with Crippen LogP contribution in [0.1, 0.15) is 45.6 Å². The molecule has 0 spiro atoms. The Labute approximate surface area is 148 Å². The van der Waals surface area contributed by atoms with Crippen molar-refractivity contribution in [2.24, 2.45) is 5.73 Å². The van der Waals surface area contributed by atoms with Crippen molar-refractivity contribution in [1.29, 1.82) is 0 Å². The number of primary amides is 1. The Bertz CT molecular complexity index is 839. The number of anilines is 2. The quantitative estimate of drug-likeness (QED) is 0.635. The molecule has 2 heterocycles. The lowest BCUT2D eigenvalue weighted by molar-refractivity contribution is -0.116. The number of ketones is 1. The summed E-state index contributed by atoms with van der Waals surface area (Å²) >= 11 is 1.13. The van der Waals surface area contributed by atoms with Crippen molar-refractivity contribution >= 4 is 39.1 Å². The Morgan fingerprint density at radius 3 is 2.48 bits per heavy atom. The van der Waals surface area contributed by atoms with Crippen molar-refractivity contribution in [3.8, 4) is 0 Å². The molecule has 0 unspecified atom stereocenters. The van der Waals surface area contributed by atoms with E-state index in [0.717, 1.165) is 17.0 Å². The average Bonchev–Trinajstić information content (AvgIpc) is 3.06. The van der Waals surface area contributed by atoms with Crippen molar-refractivity contribution in [2.45, 2.75) is 33.7 Å². The van der Waals surface area contributed by atoms with E-state index in [1.165, 1.54) is 6.92 Å². The molecule has 0 aliphatic heterocycles. The van der Waals surface area contributed by atoms with Gasteiger partial charge < -0.3 is 16.4 Å². The molecule has 134 valence electrons. The van der Waals surface area contributed by atoms with Gasteiger partial charge in [-0.3, -0.25) is 19.1 Å². The van der Waals surface area contributed by atoms with Crippen LogP contribution in [0.15, 0.2) is 0 Å². The number of aryl methyl sites for hydroxylation is 2. The maximum Gasteiger partial charge on any atom is 0.270 e. The molecular formula is C15H20N6O3S. The second kappa shape index (κ2) is 7.43. The van der Waals surface area contributed by atoms with Crippen LogP contribution < -0.4 is 16.4 Å². The molecule has 9 nitrogen and oxygen atoms in total. The van der Waals surface area contributed by atoms with Crippen molar-refractivity contribution in [1.82, 2.24) is 14.8 Å². The maximum absolute atomic E-state index is 12.2. The molecule has 4 N–H and O–H groups in total. The Balaban J connectivity index is 2.07. The first-order chi connectivity index (χ1) is 11.7. The minimum absolute atomic E-state index is 0.0210. The van der Waals surface area contributed by atoms with Gasteiger partial charge >= 0.3 is 0 Å². The highest BCUT2D eigenvalue weighted by atomic mass is 32.1. The number of amides is 2. The van der Waals surface area contributed by atoms with E-state index >= 15 is 0 Å².